The van der Waals surface area contributed by atoms with Crippen LogP contribution in [-0.4, -0.2) is 37.2 Å². The van der Waals surface area contributed by atoms with E-state index in [4.69, 9.17) is 14.2 Å². The van der Waals surface area contributed by atoms with Crippen LogP contribution >= 0.6 is 0 Å². The normalized spacial score (nSPS) is 12.4. The van der Waals surface area contributed by atoms with Crippen LogP contribution in [0.25, 0.3) is 0 Å². The van der Waals surface area contributed by atoms with E-state index in [0.29, 0.717) is 19.3 Å². The summed E-state index contributed by atoms with van der Waals surface area (Å²) < 4.78 is 16.9. The minimum Gasteiger partial charge on any atom is -0.462 e. The van der Waals surface area contributed by atoms with Crippen LogP contribution in [0.2, 0.25) is 0 Å². The van der Waals surface area contributed by atoms with E-state index < -0.39 is 6.10 Å². The molecule has 0 amide bonds. The smallest absolute Gasteiger partial charge is 0.306 e. The maximum Gasteiger partial charge on any atom is 0.306 e. The number of unbranched alkanes of at least 4 members (excludes halogenated alkanes) is 41. The largest absolute Gasteiger partial charge is 0.462 e. The third-order valence-corrected chi connectivity index (χ3v) is 14.8. The average Bonchev–Trinajstić information content (AvgIpc) is 3.34. The molecule has 0 fully saturated rings. The number of hydrogen-bond acceptors (Lipinski definition) is 6. The van der Waals surface area contributed by atoms with Gasteiger partial charge in [-0.1, -0.05) is 317 Å². The maximum atomic E-state index is 12.8. The average molecular weight is 976 g/mol. The number of rotatable bonds is 57. The molecule has 0 aliphatic carbocycles. The summed E-state index contributed by atoms with van der Waals surface area (Å²) in [5.74, 6) is 0.927. The predicted molar refractivity (Wildman–Crippen MR) is 298 cm³/mol. The lowest BCUT2D eigenvalue weighted by molar-refractivity contribution is -0.167. The summed E-state index contributed by atoms with van der Waals surface area (Å²) in [5, 5.41) is 0. The van der Waals surface area contributed by atoms with Gasteiger partial charge < -0.3 is 14.2 Å². The number of hydrogen-bond donors (Lipinski definition) is 0. The monoisotopic (exact) mass is 975 g/mol. The molecule has 0 aromatic rings. The fraction of sp³-hybridized carbons (Fsp3) is 0.952. The second-order valence-electron chi connectivity index (χ2n) is 22.4. The summed E-state index contributed by atoms with van der Waals surface area (Å²) in [6.45, 7) is 11.5. The maximum absolute atomic E-state index is 12.8. The van der Waals surface area contributed by atoms with Crippen molar-refractivity contribution in [2.24, 2.45) is 11.8 Å². The zero-order chi connectivity index (χ0) is 50.4. The molecule has 6 heteroatoms. The number of ether oxygens (including phenoxy) is 3. The second-order valence-corrected chi connectivity index (χ2v) is 22.4. The van der Waals surface area contributed by atoms with Gasteiger partial charge in [-0.15, -0.1) is 0 Å². The first-order valence-corrected chi connectivity index (χ1v) is 31.3. The van der Waals surface area contributed by atoms with Gasteiger partial charge in [0.25, 0.3) is 0 Å². The minimum absolute atomic E-state index is 0.0622. The van der Waals surface area contributed by atoms with Crippen LogP contribution in [0, 0.1) is 11.8 Å². The predicted octanol–water partition coefficient (Wildman–Crippen LogP) is 20.8. The molecule has 0 aromatic carbocycles. The highest BCUT2D eigenvalue weighted by Crippen LogP contribution is 2.19. The van der Waals surface area contributed by atoms with Crippen LogP contribution < -0.4 is 0 Å². The number of carbonyl (C=O) groups excluding carboxylic acids is 3. The molecular formula is C63H122O6. The van der Waals surface area contributed by atoms with E-state index in [-0.39, 0.29) is 31.1 Å². The zero-order valence-corrected chi connectivity index (χ0v) is 47.5. The first-order chi connectivity index (χ1) is 33.8. The Labute approximate surface area is 431 Å². The summed E-state index contributed by atoms with van der Waals surface area (Å²) in [6.07, 6.45) is 61.0. The van der Waals surface area contributed by atoms with Crippen molar-refractivity contribution >= 4 is 17.9 Å². The highest BCUT2D eigenvalue weighted by Gasteiger charge is 2.19. The Kier molecular flexibility index (Phi) is 54.4. The second kappa shape index (κ2) is 55.7. The third-order valence-electron chi connectivity index (χ3n) is 14.8. The Morgan fingerprint density at radius 2 is 0.551 bits per heavy atom. The summed E-state index contributed by atoms with van der Waals surface area (Å²) in [5.41, 5.74) is 0. The molecule has 0 saturated carbocycles. The molecule has 0 rings (SSSR count). The molecule has 1 unspecified atom stereocenters. The molecule has 0 aromatic heterocycles. The SMILES string of the molecule is CCCCCCCCCCCCC(=O)O[C@@H](COC(=O)CCCCCCCCCCCCCCCCCCCCC(C)CC)COC(=O)CCCCCCCCCCCCCCCCCCC(C)C. The Hall–Kier alpha value is -1.59. The molecule has 410 valence electrons. The fourth-order valence-corrected chi connectivity index (χ4v) is 9.73. The lowest BCUT2D eigenvalue weighted by atomic mass is 9.99. The van der Waals surface area contributed by atoms with E-state index in [0.717, 1.165) is 69.6 Å². The van der Waals surface area contributed by atoms with Crippen molar-refractivity contribution in [2.75, 3.05) is 13.2 Å². The Morgan fingerprint density at radius 3 is 0.826 bits per heavy atom. The third kappa shape index (κ3) is 55.6. The summed E-state index contributed by atoms with van der Waals surface area (Å²) in [4.78, 5) is 38.2. The molecule has 0 aliphatic rings. The standard InChI is InChI=1S/C63H122O6/c1-6-8-9-10-11-12-33-40-45-50-55-63(66)69-60(57-68-62(65)54-49-44-39-35-30-26-22-18-17-19-23-27-31-36-41-46-51-58(3)4)56-67-61(64)53-48-43-38-34-29-25-21-16-14-13-15-20-24-28-32-37-42-47-52-59(5)7-2/h58-60H,6-57H2,1-5H3/t59?,60-/m0/s1. The van der Waals surface area contributed by atoms with Crippen LogP contribution in [0.15, 0.2) is 0 Å². The molecule has 0 heterocycles. The number of esters is 3. The Bertz CT molecular complexity index is 1060. The Balaban J connectivity index is 4.16. The zero-order valence-electron chi connectivity index (χ0n) is 47.5. The highest BCUT2D eigenvalue weighted by molar-refractivity contribution is 5.71. The first-order valence-electron chi connectivity index (χ1n) is 31.3. The van der Waals surface area contributed by atoms with Gasteiger partial charge in [0.05, 0.1) is 0 Å². The molecule has 2 atom stereocenters. The topological polar surface area (TPSA) is 78.9 Å². The van der Waals surface area contributed by atoms with E-state index in [2.05, 4.69) is 34.6 Å². The quantitative estimate of drug-likeness (QED) is 0.0343. The lowest BCUT2D eigenvalue weighted by Gasteiger charge is -2.18. The van der Waals surface area contributed by atoms with Gasteiger partial charge in [-0.25, -0.2) is 0 Å². The van der Waals surface area contributed by atoms with Gasteiger partial charge in [0.15, 0.2) is 6.10 Å². The van der Waals surface area contributed by atoms with Crippen LogP contribution in [0.3, 0.4) is 0 Å². The van der Waals surface area contributed by atoms with E-state index in [1.54, 1.807) is 0 Å². The van der Waals surface area contributed by atoms with Crippen molar-refractivity contribution in [1.82, 2.24) is 0 Å². The number of carbonyl (C=O) groups is 3. The van der Waals surface area contributed by atoms with Crippen LogP contribution in [-0.2, 0) is 28.6 Å². The molecule has 0 saturated heterocycles. The first kappa shape index (κ1) is 67.4. The highest BCUT2D eigenvalue weighted by atomic mass is 16.6. The van der Waals surface area contributed by atoms with Crippen molar-refractivity contribution in [3.8, 4) is 0 Å². The van der Waals surface area contributed by atoms with Crippen molar-refractivity contribution < 1.29 is 28.6 Å². The molecule has 0 N–H and O–H groups in total. The summed E-state index contributed by atoms with van der Waals surface area (Å²) >= 11 is 0. The Morgan fingerprint density at radius 1 is 0.304 bits per heavy atom. The molecule has 0 aliphatic heterocycles. The van der Waals surface area contributed by atoms with Gasteiger partial charge in [-0.3, -0.25) is 14.4 Å². The van der Waals surface area contributed by atoms with E-state index in [9.17, 15) is 14.4 Å². The van der Waals surface area contributed by atoms with Gasteiger partial charge in [0.2, 0.25) is 0 Å². The summed E-state index contributed by atoms with van der Waals surface area (Å²) in [7, 11) is 0. The van der Waals surface area contributed by atoms with Crippen molar-refractivity contribution in [2.45, 2.75) is 362 Å². The lowest BCUT2D eigenvalue weighted by Crippen LogP contribution is -2.30. The summed E-state index contributed by atoms with van der Waals surface area (Å²) in [6, 6.07) is 0. The van der Waals surface area contributed by atoms with Gasteiger partial charge in [-0.05, 0) is 31.1 Å². The van der Waals surface area contributed by atoms with Crippen LogP contribution in [0.5, 0.6) is 0 Å². The van der Waals surface area contributed by atoms with E-state index >= 15 is 0 Å². The van der Waals surface area contributed by atoms with Crippen molar-refractivity contribution in [1.29, 1.82) is 0 Å². The van der Waals surface area contributed by atoms with Gasteiger partial charge in [-0.2, -0.15) is 0 Å². The molecule has 69 heavy (non-hydrogen) atoms. The molecular weight excluding hydrogens is 853 g/mol. The minimum atomic E-state index is -0.762. The van der Waals surface area contributed by atoms with Crippen LogP contribution in [0.1, 0.15) is 356 Å². The molecule has 0 bridgehead atoms. The van der Waals surface area contributed by atoms with Crippen molar-refractivity contribution in [3.05, 3.63) is 0 Å². The van der Waals surface area contributed by atoms with Gasteiger partial charge >= 0.3 is 17.9 Å². The molecule has 0 radical (unpaired) electrons. The van der Waals surface area contributed by atoms with E-state index in [1.165, 1.54) is 244 Å². The fourth-order valence-electron chi connectivity index (χ4n) is 9.73. The molecule has 6 nitrogen and oxygen atoms in total. The van der Waals surface area contributed by atoms with Crippen molar-refractivity contribution in [3.63, 3.8) is 0 Å². The van der Waals surface area contributed by atoms with Gasteiger partial charge in [0, 0.05) is 19.3 Å². The van der Waals surface area contributed by atoms with E-state index in [1.807, 2.05) is 0 Å². The van der Waals surface area contributed by atoms with Gasteiger partial charge in [0.1, 0.15) is 13.2 Å². The van der Waals surface area contributed by atoms with Crippen LogP contribution in [0.4, 0.5) is 0 Å². The molecule has 0 spiro atoms.